The Kier molecular flexibility index (Phi) is 27.5. The van der Waals surface area contributed by atoms with Gasteiger partial charge in [-0.15, -0.1) is 0 Å². The SMILES string of the molecule is C.C.NCCCOCCCCCOCCCN. The van der Waals surface area contributed by atoms with Crippen molar-refractivity contribution in [1.29, 1.82) is 0 Å². The lowest BCUT2D eigenvalue weighted by molar-refractivity contribution is 0.114. The molecule has 0 saturated heterocycles. The van der Waals surface area contributed by atoms with Crippen molar-refractivity contribution in [3.05, 3.63) is 0 Å². The summed E-state index contributed by atoms with van der Waals surface area (Å²) in [5, 5.41) is 0. The summed E-state index contributed by atoms with van der Waals surface area (Å²) >= 11 is 0. The van der Waals surface area contributed by atoms with E-state index in [2.05, 4.69) is 0 Å². The topological polar surface area (TPSA) is 70.5 Å². The molecule has 17 heavy (non-hydrogen) atoms. The molecule has 0 heterocycles. The minimum Gasteiger partial charge on any atom is -0.381 e. The molecule has 0 saturated carbocycles. The Balaban J connectivity index is -0.000000980. The normalized spacial score (nSPS) is 9.53. The minimum atomic E-state index is 0. The van der Waals surface area contributed by atoms with Gasteiger partial charge in [0.1, 0.15) is 0 Å². The number of nitrogens with two attached hydrogens (primary N) is 2. The molecule has 0 atom stereocenters. The third-order valence-electron chi connectivity index (χ3n) is 2.06. The molecule has 4 N–H and O–H groups in total. The van der Waals surface area contributed by atoms with Crippen LogP contribution in [0.1, 0.15) is 47.0 Å². The van der Waals surface area contributed by atoms with Crippen molar-refractivity contribution in [2.24, 2.45) is 11.5 Å². The molecule has 0 aliphatic heterocycles. The standard InChI is InChI=1S/C11H26N2O2.2CH4/c12-6-4-10-14-8-2-1-3-9-15-11-5-7-13;;/h1-13H2;2*1H4. The predicted octanol–water partition coefficient (Wildman–Crippen LogP) is 2.16. The Morgan fingerprint density at radius 2 is 0.882 bits per heavy atom. The third-order valence-corrected chi connectivity index (χ3v) is 2.06. The van der Waals surface area contributed by atoms with Gasteiger partial charge >= 0.3 is 0 Å². The Morgan fingerprint density at radius 3 is 1.24 bits per heavy atom. The number of hydrogen-bond acceptors (Lipinski definition) is 4. The van der Waals surface area contributed by atoms with Gasteiger partial charge in [-0.25, -0.2) is 0 Å². The van der Waals surface area contributed by atoms with Crippen molar-refractivity contribution in [3.63, 3.8) is 0 Å². The van der Waals surface area contributed by atoms with Crippen LogP contribution in [0.15, 0.2) is 0 Å². The van der Waals surface area contributed by atoms with Gasteiger partial charge in [0.15, 0.2) is 0 Å². The van der Waals surface area contributed by atoms with Gasteiger partial charge in [0.2, 0.25) is 0 Å². The lowest BCUT2D eigenvalue weighted by Gasteiger charge is -2.04. The molecule has 0 aliphatic carbocycles. The van der Waals surface area contributed by atoms with E-state index in [0.29, 0.717) is 0 Å². The smallest absolute Gasteiger partial charge is 0.0478 e. The number of hydrogen-bond donors (Lipinski definition) is 2. The van der Waals surface area contributed by atoms with E-state index in [1.807, 2.05) is 0 Å². The van der Waals surface area contributed by atoms with E-state index in [0.717, 1.165) is 65.2 Å². The van der Waals surface area contributed by atoms with Gasteiger partial charge in [0.05, 0.1) is 0 Å². The Hall–Kier alpha value is -0.160. The summed E-state index contributed by atoms with van der Waals surface area (Å²) in [5.41, 5.74) is 10.7. The molecule has 0 aromatic heterocycles. The molecule has 4 nitrogen and oxygen atoms in total. The molecule has 108 valence electrons. The van der Waals surface area contributed by atoms with Crippen molar-refractivity contribution < 1.29 is 9.47 Å². The van der Waals surface area contributed by atoms with E-state index in [9.17, 15) is 0 Å². The van der Waals surface area contributed by atoms with E-state index in [-0.39, 0.29) is 14.9 Å². The van der Waals surface area contributed by atoms with Crippen LogP contribution >= 0.6 is 0 Å². The highest BCUT2D eigenvalue weighted by molar-refractivity contribution is 4.43. The van der Waals surface area contributed by atoms with Gasteiger partial charge in [-0.1, -0.05) is 14.9 Å². The van der Waals surface area contributed by atoms with Crippen LogP contribution in [0.3, 0.4) is 0 Å². The van der Waals surface area contributed by atoms with E-state index in [1.54, 1.807) is 0 Å². The summed E-state index contributed by atoms with van der Waals surface area (Å²) < 4.78 is 10.8. The number of unbranched alkanes of at least 4 members (excludes halogenated alkanes) is 2. The Morgan fingerprint density at radius 1 is 0.529 bits per heavy atom. The van der Waals surface area contributed by atoms with Crippen LogP contribution < -0.4 is 11.5 Å². The fourth-order valence-electron chi connectivity index (χ4n) is 1.16. The zero-order valence-corrected chi connectivity index (χ0v) is 9.75. The Labute approximate surface area is 108 Å². The van der Waals surface area contributed by atoms with Gasteiger partial charge in [-0.05, 0) is 45.2 Å². The van der Waals surface area contributed by atoms with Gasteiger partial charge in [0.25, 0.3) is 0 Å². The van der Waals surface area contributed by atoms with Crippen molar-refractivity contribution in [2.75, 3.05) is 39.5 Å². The summed E-state index contributed by atoms with van der Waals surface area (Å²) in [6.45, 7) is 4.72. The average Bonchev–Trinajstić information content (AvgIpc) is 2.26. The summed E-state index contributed by atoms with van der Waals surface area (Å²) in [6, 6.07) is 0. The lowest BCUT2D eigenvalue weighted by atomic mass is 10.2. The number of rotatable bonds is 12. The maximum absolute atomic E-state index is 5.38. The second-order valence-electron chi connectivity index (χ2n) is 3.57. The van der Waals surface area contributed by atoms with Crippen LogP contribution in [0.5, 0.6) is 0 Å². The average molecular weight is 250 g/mol. The van der Waals surface area contributed by atoms with Crippen molar-refractivity contribution in [1.82, 2.24) is 0 Å². The van der Waals surface area contributed by atoms with E-state index in [4.69, 9.17) is 20.9 Å². The second-order valence-corrected chi connectivity index (χ2v) is 3.57. The largest absolute Gasteiger partial charge is 0.381 e. The molecule has 0 unspecified atom stereocenters. The van der Waals surface area contributed by atoms with E-state index < -0.39 is 0 Å². The molecule has 0 amide bonds. The third kappa shape index (κ3) is 21.6. The molecule has 0 aliphatic rings. The van der Waals surface area contributed by atoms with E-state index in [1.165, 1.54) is 6.42 Å². The first-order chi connectivity index (χ1) is 7.41. The van der Waals surface area contributed by atoms with Gasteiger partial charge in [0, 0.05) is 26.4 Å². The van der Waals surface area contributed by atoms with E-state index >= 15 is 0 Å². The number of ether oxygens (including phenoxy) is 2. The van der Waals surface area contributed by atoms with Gasteiger partial charge < -0.3 is 20.9 Å². The summed E-state index contributed by atoms with van der Waals surface area (Å²) in [7, 11) is 0. The van der Waals surface area contributed by atoms with Crippen LogP contribution in [0.25, 0.3) is 0 Å². The lowest BCUT2D eigenvalue weighted by Crippen LogP contribution is -2.06. The summed E-state index contributed by atoms with van der Waals surface area (Å²) in [4.78, 5) is 0. The zero-order chi connectivity index (χ0) is 11.2. The van der Waals surface area contributed by atoms with Crippen molar-refractivity contribution in [2.45, 2.75) is 47.0 Å². The van der Waals surface area contributed by atoms with Crippen molar-refractivity contribution in [3.8, 4) is 0 Å². The molecule has 0 aromatic carbocycles. The first kappa shape index (κ1) is 22.1. The first-order valence-electron chi connectivity index (χ1n) is 5.97. The minimum absolute atomic E-state index is 0. The fraction of sp³-hybridized carbons (Fsp3) is 1.00. The van der Waals surface area contributed by atoms with Crippen LogP contribution in [-0.2, 0) is 9.47 Å². The fourth-order valence-corrected chi connectivity index (χ4v) is 1.16. The highest BCUT2D eigenvalue weighted by atomic mass is 16.5. The van der Waals surface area contributed by atoms with Gasteiger partial charge in [-0.2, -0.15) is 0 Å². The summed E-state index contributed by atoms with van der Waals surface area (Å²) in [5.74, 6) is 0. The van der Waals surface area contributed by atoms with Gasteiger partial charge in [-0.3, -0.25) is 0 Å². The maximum Gasteiger partial charge on any atom is 0.0478 e. The zero-order valence-electron chi connectivity index (χ0n) is 9.75. The van der Waals surface area contributed by atoms with Crippen LogP contribution in [0.4, 0.5) is 0 Å². The van der Waals surface area contributed by atoms with Crippen LogP contribution in [0, 0.1) is 0 Å². The quantitative estimate of drug-likeness (QED) is 0.521. The van der Waals surface area contributed by atoms with Crippen LogP contribution in [0.2, 0.25) is 0 Å². The molecule has 4 heteroatoms. The highest BCUT2D eigenvalue weighted by Crippen LogP contribution is 1.97. The first-order valence-corrected chi connectivity index (χ1v) is 5.97. The maximum atomic E-state index is 5.38. The molecule has 0 spiro atoms. The molecule has 0 rings (SSSR count). The van der Waals surface area contributed by atoms with Crippen molar-refractivity contribution >= 4 is 0 Å². The molecular formula is C13H34N2O2. The Bertz CT molecular complexity index is 102. The summed E-state index contributed by atoms with van der Waals surface area (Å²) in [6.07, 6.45) is 5.32. The molecule has 0 fully saturated rings. The highest BCUT2D eigenvalue weighted by Gasteiger charge is 1.91. The molecule has 0 aromatic rings. The monoisotopic (exact) mass is 250 g/mol. The van der Waals surface area contributed by atoms with Crippen LogP contribution in [-0.4, -0.2) is 39.5 Å². The molecule has 0 radical (unpaired) electrons. The predicted molar refractivity (Wildman–Crippen MR) is 76.3 cm³/mol. The molecule has 0 bridgehead atoms. The molecular weight excluding hydrogens is 216 g/mol. The second kappa shape index (κ2) is 21.2.